The molecule has 0 aliphatic heterocycles. The van der Waals surface area contributed by atoms with Gasteiger partial charge in [-0.25, -0.2) is 13.9 Å². The summed E-state index contributed by atoms with van der Waals surface area (Å²) in [5.41, 5.74) is 2.71. The molecular weight excluding hydrogens is 378 g/mol. The first kappa shape index (κ1) is 22.1. The second kappa shape index (κ2) is 9.82. The lowest BCUT2D eigenvalue weighted by molar-refractivity contribution is -0.150. The lowest BCUT2D eigenvalue weighted by atomic mass is 10.2. The molecule has 2 aromatic rings. The standard InChI is InChI=1S/C21H27NO5S/c1-21(2,3)27-22-20(23)18(15-26-14-17-10-6-4-7-11-17)16-28(24,25)19-12-8-5-9-13-19/h4-13,18H,14-16H2,1-3H3,(H,22,23)/t18-/m0/s1. The zero-order valence-electron chi connectivity index (χ0n) is 16.4. The lowest BCUT2D eigenvalue weighted by Crippen LogP contribution is -2.41. The molecule has 0 bridgehead atoms. The van der Waals surface area contributed by atoms with Crippen LogP contribution < -0.4 is 5.48 Å². The van der Waals surface area contributed by atoms with Crippen LogP contribution in [0.25, 0.3) is 0 Å². The molecule has 0 radical (unpaired) electrons. The fraction of sp³-hybridized carbons (Fsp3) is 0.381. The van der Waals surface area contributed by atoms with E-state index in [1.165, 1.54) is 12.1 Å². The van der Waals surface area contributed by atoms with Crippen LogP contribution in [0.4, 0.5) is 0 Å². The van der Waals surface area contributed by atoms with Gasteiger partial charge in [-0.3, -0.25) is 9.63 Å². The quantitative estimate of drug-likeness (QED) is 0.648. The van der Waals surface area contributed by atoms with Crippen LogP contribution in [0.5, 0.6) is 0 Å². The maximum Gasteiger partial charge on any atom is 0.250 e. The highest BCUT2D eigenvalue weighted by atomic mass is 32.2. The van der Waals surface area contributed by atoms with Crippen LogP contribution >= 0.6 is 0 Å². The van der Waals surface area contributed by atoms with Crippen molar-refractivity contribution in [1.82, 2.24) is 5.48 Å². The van der Waals surface area contributed by atoms with Crippen LogP contribution in [0.1, 0.15) is 26.3 Å². The molecule has 28 heavy (non-hydrogen) atoms. The van der Waals surface area contributed by atoms with Gasteiger partial charge in [0, 0.05) is 0 Å². The van der Waals surface area contributed by atoms with Crippen LogP contribution in [0.2, 0.25) is 0 Å². The van der Waals surface area contributed by atoms with Gasteiger partial charge in [-0.1, -0.05) is 48.5 Å². The van der Waals surface area contributed by atoms with E-state index in [-0.39, 0.29) is 23.9 Å². The average molecular weight is 406 g/mol. The molecule has 2 rings (SSSR count). The minimum atomic E-state index is -3.65. The van der Waals surface area contributed by atoms with Crippen LogP contribution in [-0.2, 0) is 30.8 Å². The van der Waals surface area contributed by atoms with E-state index >= 15 is 0 Å². The number of benzene rings is 2. The summed E-state index contributed by atoms with van der Waals surface area (Å²) in [5.74, 6) is -1.80. The fourth-order valence-corrected chi connectivity index (χ4v) is 3.91. The molecule has 2 aromatic carbocycles. The molecular formula is C21H27NO5S. The summed E-state index contributed by atoms with van der Waals surface area (Å²) in [6.07, 6.45) is 0. The van der Waals surface area contributed by atoms with Gasteiger partial charge in [0.05, 0.1) is 35.4 Å². The smallest absolute Gasteiger partial charge is 0.250 e. The molecule has 0 aromatic heterocycles. The van der Waals surface area contributed by atoms with Crippen LogP contribution in [0, 0.1) is 5.92 Å². The summed E-state index contributed by atoms with van der Waals surface area (Å²) < 4.78 is 31.0. The number of rotatable bonds is 9. The molecule has 1 amide bonds. The average Bonchev–Trinajstić information content (AvgIpc) is 2.66. The first-order valence-corrected chi connectivity index (χ1v) is 10.7. The Morgan fingerprint density at radius 1 is 1.00 bits per heavy atom. The van der Waals surface area contributed by atoms with Crippen molar-refractivity contribution in [3.05, 3.63) is 66.2 Å². The topological polar surface area (TPSA) is 81.7 Å². The summed E-state index contributed by atoms with van der Waals surface area (Å²) >= 11 is 0. The molecule has 0 fully saturated rings. The molecule has 7 heteroatoms. The van der Waals surface area contributed by atoms with Crippen molar-refractivity contribution >= 4 is 15.7 Å². The fourth-order valence-electron chi connectivity index (χ4n) is 2.37. The van der Waals surface area contributed by atoms with Gasteiger partial charge in [-0.15, -0.1) is 0 Å². The van der Waals surface area contributed by atoms with Crippen molar-refractivity contribution in [2.45, 2.75) is 37.9 Å². The SMILES string of the molecule is CC(C)(C)ONC(=O)[C@@H](COCc1ccccc1)CS(=O)(=O)c1ccccc1. The normalized spacial score (nSPS) is 13.1. The van der Waals surface area contributed by atoms with E-state index in [1.54, 1.807) is 39.0 Å². The number of sulfone groups is 1. The zero-order chi connectivity index (χ0) is 20.6. The number of hydroxylamine groups is 1. The summed E-state index contributed by atoms with van der Waals surface area (Å²) in [6, 6.07) is 17.5. The molecule has 0 saturated carbocycles. The van der Waals surface area contributed by atoms with Crippen LogP contribution in [0.3, 0.4) is 0 Å². The third-order valence-electron chi connectivity index (χ3n) is 3.78. The highest BCUT2D eigenvalue weighted by Crippen LogP contribution is 2.16. The summed E-state index contributed by atoms with van der Waals surface area (Å²) in [4.78, 5) is 18.0. The summed E-state index contributed by atoms with van der Waals surface area (Å²) in [5, 5.41) is 0. The van der Waals surface area contributed by atoms with Crippen molar-refractivity contribution in [2.24, 2.45) is 5.92 Å². The first-order chi connectivity index (χ1) is 13.2. The van der Waals surface area contributed by atoms with Gasteiger partial charge in [0.2, 0.25) is 5.91 Å². The van der Waals surface area contributed by atoms with E-state index < -0.39 is 27.3 Å². The van der Waals surface area contributed by atoms with Gasteiger partial charge in [0.25, 0.3) is 0 Å². The van der Waals surface area contributed by atoms with Gasteiger partial charge in [-0.2, -0.15) is 0 Å². The predicted molar refractivity (Wildman–Crippen MR) is 107 cm³/mol. The highest BCUT2D eigenvalue weighted by molar-refractivity contribution is 7.91. The lowest BCUT2D eigenvalue weighted by Gasteiger charge is -2.22. The number of amides is 1. The van der Waals surface area contributed by atoms with E-state index in [9.17, 15) is 13.2 Å². The minimum absolute atomic E-state index is 0.0414. The zero-order valence-corrected chi connectivity index (χ0v) is 17.2. The van der Waals surface area contributed by atoms with Gasteiger partial charge in [-0.05, 0) is 38.5 Å². The summed E-state index contributed by atoms with van der Waals surface area (Å²) in [7, 11) is -3.65. The van der Waals surface area contributed by atoms with Crippen LogP contribution in [-0.4, -0.2) is 32.3 Å². The van der Waals surface area contributed by atoms with E-state index in [2.05, 4.69) is 5.48 Å². The van der Waals surface area contributed by atoms with E-state index in [1.807, 2.05) is 30.3 Å². The highest BCUT2D eigenvalue weighted by Gasteiger charge is 2.28. The Labute approximate surface area is 166 Å². The summed E-state index contributed by atoms with van der Waals surface area (Å²) in [6.45, 7) is 5.61. The second-order valence-corrected chi connectivity index (χ2v) is 9.51. The van der Waals surface area contributed by atoms with Gasteiger partial charge in [0.1, 0.15) is 0 Å². The number of carbonyl (C=O) groups is 1. The molecule has 1 N–H and O–H groups in total. The van der Waals surface area contributed by atoms with Crippen molar-refractivity contribution in [3.8, 4) is 0 Å². The third kappa shape index (κ3) is 7.42. The Morgan fingerprint density at radius 3 is 2.14 bits per heavy atom. The molecule has 0 heterocycles. The number of ether oxygens (including phenoxy) is 1. The van der Waals surface area contributed by atoms with Crippen molar-refractivity contribution < 1.29 is 22.8 Å². The van der Waals surface area contributed by atoms with Crippen LogP contribution in [0.15, 0.2) is 65.6 Å². The first-order valence-electron chi connectivity index (χ1n) is 9.05. The number of hydrogen-bond donors (Lipinski definition) is 1. The van der Waals surface area contributed by atoms with E-state index in [0.29, 0.717) is 0 Å². The van der Waals surface area contributed by atoms with Gasteiger partial charge < -0.3 is 4.74 Å². The predicted octanol–water partition coefficient (Wildman–Crippen LogP) is 3.14. The largest absolute Gasteiger partial charge is 0.376 e. The molecule has 152 valence electrons. The Bertz CT molecular complexity index is 845. The molecule has 0 unspecified atom stereocenters. The van der Waals surface area contributed by atoms with Gasteiger partial charge in [0.15, 0.2) is 9.84 Å². The molecule has 0 aliphatic rings. The molecule has 0 spiro atoms. The number of nitrogens with one attached hydrogen (secondary N) is 1. The monoisotopic (exact) mass is 405 g/mol. The second-order valence-electron chi connectivity index (χ2n) is 7.47. The Morgan fingerprint density at radius 2 is 1.57 bits per heavy atom. The Balaban J connectivity index is 2.07. The third-order valence-corrected chi connectivity index (χ3v) is 5.61. The van der Waals surface area contributed by atoms with Crippen molar-refractivity contribution in [2.75, 3.05) is 12.4 Å². The Kier molecular flexibility index (Phi) is 7.74. The van der Waals surface area contributed by atoms with Crippen molar-refractivity contribution in [3.63, 3.8) is 0 Å². The molecule has 1 atom stereocenters. The minimum Gasteiger partial charge on any atom is -0.376 e. The molecule has 6 nitrogen and oxygen atoms in total. The number of carbonyl (C=O) groups excluding carboxylic acids is 1. The van der Waals surface area contributed by atoms with Crippen molar-refractivity contribution in [1.29, 1.82) is 0 Å². The van der Waals surface area contributed by atoms with Gasteiger partial charge >= 0.3 is 0 Å². The number of hydrogen-bond acceptors (Lipinski definition) is 5. The van der Waals surface area contributed by atoms with E-state index in [4.69, 9.17) is 9.57 Å². The maximum absolute atomic E-state index is 12.7. The molecule has 0 aliphatic carbocycles. The Hall–Kier alpha value is -2.22. The van der Waals surface area contributed by atoms with E-state index in [0.717, 1.165) is 5.56 Å². The molecule has 0 saturated heterocycles. The maximum atomic E-state index is 12.7.